The summed E-state index contributed by atoms with van der Waals surface area (Å²) in [7, 11) is 0. The van der Waals surface area contributed by atoms with E-state index in [9.17, 15) is 9.59 Å². The zero-order valence-electron chi connectivity index (χ0n) is 11.7. The summed E-state index contributed by atoms with van der Waals surface area (Å²) in [4.78, 5) is 25.4. The fourth-order valence-electron chi connectivity index (χ4n) is 2.23. The van der Waals surface area contributed by atoms with Crippen LogP contribution >= 0.6 is 11.8 Å². The predicted octanol–water partition coefficient (Wildman–Crippen LogP) is 1.54. The van der Waals surface area contributed by atoms with Gasteiger partial charge in [-0.1, -0.05) is 11.8 Å². The Kier molecular flexibility index (Phi) is 4.38. The van der Waals surface area contributed by atoms with Crippen molar-refractivity contribution in [2.75, 3.05) is 24.2 Å². The van der Waals surface area contributed by atoms with Crippen LogP contribution in [-0.2, 0) is 9.59 Å². The van der Waals surface area contributed by atoms with Gasteiger partial charge in [0, 0.05) is 19.0 Å². The molecule has 0 bridgehead atoms. The van der Waals surface area contributed by atoms with Gasteiger partial charge in [0.2, 0.25) is 11.8 Å². The number of likely N-dealkylation sites (tertiary alicyclic amines) is 1. The van der Waals surface area contributed by atoms with Gasteiger partial charge < -0.3 is 10.2 Å². The molecule has 1 saturated heterocycles. The Morgan fingerprint density at radius 3 is 2.62 bits per heavy atom. The van der Waals surface area contributed by atoms with Gasteiger partial charge in [-0.2, -0.15) is 0 Å². The van der Waals surface area contributed by atoms with Gasteiger partial charge in [0.25, 0.3) is 0 Å². The van der Waals surface area contributed by atoms with E-state index in [4.69, 9.17) is 0 Å². The fraction of sp³-hybridized carbons (Fsp3) is 0.571. The fourth-order valence-corrected chi connectivity index (χ4v) is 2.95. The van der Waals surface area contributed by atoms with Crippen molar-refractivity contribution in [3.8, 4) is 0 Å². The molecule has 0 atom stereocenters. The van der Waals surface area contributed by atoms with Gasteiger partial charge in [-0.15, -0.1) is 10.2 Å². The predicted molar refractivity (Wildman–Crippen MR) is 79.9 cm³/mol. The van der Waals surface area contributed by atoms with Gasteiger partial charge in [0.1, 0.15) is 5.03 Å². The largest absolute Gasteiger partial charge is 0.342 e. The highest BCUT2D eigenvalue weighted by atomic mass is 32.2. The van der Waals surface area contributed by atoms with E-state index < -0.39 is 0 Å². The number of thioether (sulfide) groups is 1. The zero-order chi connectivity index (χ0) is 14.7. The molecule has 1 saturated carbocycles. The molecule has 1 aliphatic heterocycles. The van der Waals surface area contributed by atoms with Crippen molar-refractivity contribution < 1.29 is 9.59 Å². The maximum atomic E-state index is 11.9. The summed E-state index contributed by atoms with van der Waals surface area (Å²) in [5.41, 5.74) is 0. The Bertz CT molecular complexity index is 524. The summed E-state index contributed by atoms with van der Waals surface area (Å²) in [5, 5.41) is 11.5. The maximum absolute atomic E-state index is 11.9. The molecule has 0 spiro atoms. The van der Waals surface area contributed by atoms with Crippen LogP contribution in [0.1, 0.15) is 25.7 Å². The highest BCUT2D eigenvalue weighted by molar-refractivity contribution is 7.99. The number of carbonyl (C=O) groups excluding carboxylic acids is 2. The average Bonchev–Trinajstić information content (AvgIpc) is 3.21. The molecular formula is C14H18N4O2S. The second-order valence-corrected chi connectivity index (χ2v) is 6.39. The minimum atomic E-state index is 0.0221. The van der Waals surface area contributed by atoms with Crippen molar-refractivity contribution in [2.24, 2.45) is 5.92 Å². The first-order valence-electron chi connectivity index (χ1n) is 7.27. The summed E-state index contributed by atoms with van der Waals surface area (Å²) in [6.07, 6.45) is 4.13. The van der Waals surface area contributed by atoms with E-state index in [1.807, 2.05) is 4.90 Å². The highest BCUT2D eigenvalue weighted by Gasteiger charge is 2.29. The van der Waals surface area contributed by atoms with E-state index in [1.165, 1.54) is 11.8 Å². The van der Waals surface area contributed by atoms with Crippen LogP contribution in [0.3, 0.4) is 0 Å². The molecule has 0 radical (unpaired) electrons. The van der Waals surface area contributed by atoms with Gasteiger partial charge in [-0.25, -0.2) is 0 Å². The van der Waals surface area contributed by atoms with Crippen molar-refractivity contribution in [1.29, 1.82) is 0 Å². The molecule has 6 nitrogen and oxygen atoms in total. The third-order valence-electron chi connectivity index (χ3n) is 3.64. The number of rotatable bonds is 5. The summed E-state index contributed by atoms with van der Waals surface area (Å²) in [6.45, 7) is 1.74. The topological polar surface area (TPSA) is 75.2 Å². The number of hydrogen-bond donors (Lipinski definition) is 1. The molecule has 2 amide bonds. The van der Waals surface area contributed by atoms with Crippen molar-refractivity contribution in [3.05, 3.63) is 12.1 Å². The lowest BCUT2D eigenvalue weighted by atomic mass is 10.4. The first kappa shape index (κ1) is 14.3. The molecule has 1 aromatic rings. The molecule has 0 aromatic carbocycles. The van der Waals surface area contributed by atoms with E-state index >= 15 is 0 Å². The monoisotopic (exact) mass is 306 g/mol. The second kappa shape index (κ2) is 6.43. The number of nitrogens with one attached hydrogen (secondary N) is 1. The van der Waals surface area contributed by atoms with Gasteiger partial charge in [-0.05, 0) is 37.8 Å². The van der Waals surface area contributed by atoms with Crippen LogP contribution in [0.5, 0.6) is 0 Å². The van der Waals surface area contributed by atoms with Crippen LogP contribution in [0.2, 0.25) is 0 Å². The number of anilines is 1. The maximum Gasteiger partial charge on any atom is 0.232 e. The van der Waals surface area contributed by atoms with E-state index in [1.54, 1.807) is 12.1 Å². The lowest BCUT2D eigenvalue weighted by Gasteiger charge is -2.14. The summed E-state index contributed by atoms with van der Waals surface area (Å²) < 4.78 is 0. The standard InChI is InChI=1S/C14H18N4O2S/c19-13(18-7-1-2-8-18)9-21-12-6-5-11(16-17-12)15-14(20)10-3-4-10/h5-6,10H,1-4,7-9H2,(H,15,16,20). The number of aromatic nitrogens is 2. The lowest BCUT2D eigenvalue weighted by molar-refractivity contribution is -0.127. The number of carbonyl (C=O) groups is 2. The normalized spacial score (nSPS) is 17.8. The van der Waals surface area contributed by atoms with Crippen molar-refractivity contribution in [2.45, 2.75) is 30.7 Å². The van der Waals surface area contributed by atoms with Gasteiger partial charge >= 0.3 is 0 Å². The zero-order valence-corrected chi connectivity index (χ0v) is 12.6. The van der Waals surface area contributed by atoms with E-state index in [0.29, 0.717) is 16.6 Å². The Hall–Kier alpha value is -1.63. The van der Waals surface area contributed by atoms with E-state index in [2.05, 4.69) is 15.5 Å². The Balaban J connectivity index is 1.47. The minimum Gasteiger partial charge on any atom is -0.342 e. The molecule has 21 heavy (non-hydrogen) atoms. The highest BCUT2D eigenvalue weighted by Crippen LogP contribution is 2.30. The van der Waals surface area contributed by atoms with Crippen LogP contribution < -0.4 is 5.32 Å². The van der Waals surface area contributed by atoms with E-state index in [-0.39, 0.29) is 17.7 Å². The molecule has 1 aromatic heterocycles. The quantitative estimate of drug-likeness (QED) is 0.835. The Morgan fingerprint density at radius 1 is 1.24 bits per heavy atom. The van der Waals surface area contributed by atoms with Crippen LogP contribution in [0, 0.1) is 5.92 Å². The summed E-state index contributed by atoms with van der Waals surface area (Å²) in [6, 6.07) is 3.52. The van der Waals surface area contributed by atoms with E-state index in [0.717, 1.165) is 38.8 Å². The number of hydrogen-bond acceptors (Lipinski definition) is 5. The SMILES string of the molecule is O=C(Nc1ccc(SCC(=O)N2CCCC2)nn1)C1CC1. The minimum absolute atomic E-state index is 0.0221. The molecule has 1 aliphatic carbocycles. The third kappa shape index (κ3) is 3.93. The number of nitrogens with zero attached hydrogens (tertiary/aromatic N) is 3. The van der Waals surface area contributed by atoms with Gasteiger partial charge in [0.15, 0.2) is 5.82 Å². The van der Waals surface area contributed by atoms with Crippen molar-refractivity contribution in [1.82, 2.24) is 15.1 Å². The number of amides is 2. The average molecular weight is 306 g/mol. The van der Waals surface area contributed by atoms with Crippen molar-refractivity contribution >= 4 is 29.4 Å². The smallest absolute Gasteiger partial charge is 0.232 e. The Labute approximate surface area is 127 Å². The van der Waals surface area contributed by atoms with Gasteiger partial charge in [0.05, 0.1) is 5.75 Å². The molecular weight excluding hydrogens is 288 g/mol. The molecule has 3 rings (SSSR count). The molecule has 7 heteroatoms. The summed E-state index contributed by atoms with van der Waals surface area (Å²) >= 11 is 1.38. The molecule has 1 N–H and O–H groups in total. The van der Waals surface area contributed by atoms with Crippen LogP contribution in [0.4, 0.5) is 5.82 Å². The molecule has 2 heterocycles. The summed E-state index contributed by atoms with van der Waals surface area (Å²) in [5.74, 6) is 1.20. The molecule has 112 valence electrons. The van der Waals surface area contributed by atoms with Crippen LogP contribution in [0.15, 0.2) is 17.2 Å². The molecule has 2 fully saturated rings. The second-order valence-electron chi connectivity index (χ2n) is 5.40. The van der Waals surface area contributed by atoms with Crippen molar-refractivity contribution in [3.63, 3.8) is 0 Å². The molecule has 2 aliphatic rings. The Morgan fingerprint density at radius 2 is 2.00 bits per heavy atom. The van der Waals surface area contributed by atoms with Crippen LogP contribution in [-0.4, -0.2) is 45.8 Å². The first-order valence-corrected chi connectivity index (χ1v) is 8.26. The molecule has 0 unspecified atom stereocenters. The first-order chi connectivity index (χ1) is 10.2. The van der Waals surface area contributed by atoms with Gasteiger partial charge in [-0.3, -0.25) is 9.59 Å². The third-order valence-corrected chi connectivity index (χ3v) is 4.55. The van der Waals surface area contributed by atoms with Crippen LogP contribution in [0.25, 0.3) is 0 Å². The lowest BCUT2D eigenvalue weighted by Crippen LogP contribution is -2.29.